The number of rotatable bonds is 0. The summed E-state index contributed by atoms with van der Waals surface area (Å²) in [5.41, 5.74) is 3.13. The van der Waals surface area contributed by atoms with Crippen molar-refractivity contribution >= 4 is 15.9 Å². The van der Waals surface area contributed by atoms with Gasteiger partial charge >= 0.3 is 0 Å². The molecule has 0 aromatic heterocycles. The Bertz CT molecular complexity index is 691. The van der Waals surface area contributed by atoms with Crippen LogP contribution in [0.1, 0.15) is 11.1 Å². The third-order valence-electron chi connectivity index (χ3n) is 2.93. The molecule has 0 saturated carbocycles. The summed E-state index contributed by atoms with van der Waals surface area (Å²) in [6.07, 6.45) is 0. The Labute approximate surface area is 112 Å². The van der Waals surface area contributed by atoms with Crippen molar-refractivity contribution < 1.29 is 9.13 Å². The van der Waals surface area contributed by atoms with Crippen molar-refractivity contribution in [3.8, 4) is 22.9 Å². The van der Waals surface area contributed by atoms with E-state index < -0.39 is 0 Å². The lowest BCUT2D eigenvalue weighted by molar-refractivity contribution is 0.301. The minimum atomic E-state index is -0.324. The standard InChI is InChI=1S/C14H7BrFNO/c15-12-5-14-11(4-13(12)16)10-2-1-8(6-17)3-9(10)7-18-14/h1-5H,7H2. The summed E-state index contributed by atoms with van der Waals surface area (Å²) in [6, 6.07) is 10.5. The van der Waals surface area contributed by atoms with Crippen molar-refractivity contribution in [3.05, 3.63) is 51.7 Å². The van der Waals surface area contributed by atoms with Gasteiger partial charge in [0.2, 0.25) is 0 Å². The molecule has 0 saturated heterocycles. The summed E-state index contributed by atoms with van der Waals surface area (Å²) in [4.78, 5) is 0. The van der Waals surface area contributed by atoms with Crippen LogP contribution in [0.4, 0.5) is 4.39 Å². The quantitative estimate of drug-likeness (QED) is 0.736. The van der Waals surface area contributed by atoms with E-state index in [4.69, 9.17) is 10.00 Å². The Morgan fingerprint density at radius 1 is 1.22 bits per heavy atom. The SMILES string of the molecule is N#Cc1ccc2c(c1)COc1cc(Br)c(F)cc1-2. The average molecular weight is 304 g/mol. The molecule has 18 heavy (non-hydrogen) atoms. The van der Waals surface area contributed by atoms with Crippen LogP contribution in [0.2, 0.25) is 0 Å². The Hall–Kier alpha value is -1.86. The van der Waals surface area contributed by atoms with Crippen LogP contribution < -0.4 is 4.74 Å². The van der Waals surface area contributed by atoms with Crippen molar-refractivity contribution in [2.45, 2.75) is 6.61 Å². The van der Waals surface area contributed by atoms with Gasteiger partial charge in [-0.05, 0) is 51.3 Å². The second-order valence-electron chi connectivity index (χ2n) is 4.03. The molecule has 1 aliphatic heterocycles. The molecule has 0 bridgehead atoms. The topological polar surface area (TPSA) is 33.0 Å². The first kappa shape index (κ1) is 11.2. The molecule has 0 radical (unpaired) electrons. The predicted octanol–water partition coefficient (Wildman–Crippen LogP) is 4.02. The van der Waals surface area contributed by atoms with E-state index in [1.807, 2.05) is 6.07 Å². The zero-order chi connectivity index (χ0) is 12.7. The largest absolute Gasteiger partial charge is 0.488 e. The van der Waals surface area contributed by atoms with E-state index in [1.165, 1.54) is 6.07 Å². The third-order valence-corrected chi connectivity index (χ3v) is 3.54. The fraction of sp³-hybridized carbons (Fsp3) is 0.0714. The average Bonchev–Trinajstić information content (AvgIpc) is 2.39. The molecule has 1 heterocycles. The first-order valence-electron chi connectivity index (χ1n) is 5.34. The Morgan fingerprint density at radius 3 is 2.83 bits per heavy atom. The maximum atomic E-state index is 13.6. The van der Waals surface area contributed by atoms with E-state index in [1.54, 1.807) is 18.2 Å². The molecule has 0 atom stereocenters. The van der Waals surface area contributed by atoms with Crippen molar-refractivity contribution in [3.63, 3.8) is 0 Å². The van der Waals surface area contributed by atoms with Crippen LogP contribution in [0, 0.1) is 17.1 Å². The summed E-state index contributed by atoms with van der Waals surface area (Å²) < 4.78 is 19.6. The van der Waals surface area contributed by atoms with Crippen LogP contribution in [-0.4, -0.2) is 0 Å². The molecule has 1 aliphatic rings. The van der Waals surface area contributed by atoms with Crippen molar-refractivity contribution in [1.82, 2.24) is 0 Å². The number of benzene rings is 2. The molecule has 88 valence electrons. The number of fused-ring (bicyclic) bond motifs is 3. The normalized spacial score (nSPS) is 12.1. The lowest BCUT2D eigenvalue weighted by Gasteiger charge is -2.21. The van der Waals surface area contributed by atoms with Crippen molar-refractivity contribution in [2.24, 2.45) is 0 Å². The van der Waals surface area contributed by atoms with E-state index >= 15 is 0 Å². The van der Waals surface area contributed by atoms with E-state index in [0.717, 1.165) is 16.7 Å². The number of nitriles is 1. The van der Waals surface area contributed by atoms with Crippen LogP contribution in [0.25, 0.3) is 11.1 Å². The molecule has 0 amide bonds. The first-order valence-corrected chi connectivity index (χ1v) is 6.13. The molecule has 4 heteroatoms. The molecule has 0 unspecified atom stereocenters. The van der Waals surface area contributed by atoms with Crippen molar-refractivity contribution in [2.75, 3.05) is 0 Å². The minimum absolute atomic E-state index is 0.324. The van der Waals surface area contributed by atoms with Gasteiger partial charge in [0.25, 0.3) is 0 Å². The maximum Gasteiger partial charge on any atom is 0.138 e. The van der Waals surface area contributed by atoms with Gasteiger partial charge in [-0.3, -0.25) is 0 Å². The first-order chi connectivity index (χ1) is 8.69. The Kier molecular flexibility index (Phi) is 2.57. The summed E-state index contributed by atoms with van der Waals surface area (Å²) in [7, 11) is 0. The summed E-state index contributed by atoms with van der Waals surface area (Å²) in [6.45, 7) is 0.399. The molecule has 0 fully saturated rings. The lowest BCUT2D eigenvalue weighted by atomic mass is 9.95. The van der Waals surface area contributed by atoms with E-state index in [0.29, 0.717) is 22.4 Å². The minimum Gasteiger partial charge on any atom is -0.488 e. The smallest absolute Gasteiger partial charge is 0.138 e. The highest BCUT2D eigenvalue weighted by Gasteiger charge is 2.19. The predicted molar refractivity (Wildman–Crippen MR) is 68.6 cm³/mol. The van der Waals surface area contributed by atoms with E-state index in [-0.39, 0.29) is 5.82 Å². The van der Waals surface area contributed by atoms with Gasteiger partial charge in [0.05, 0.1) is 16.1 Å². The fourth-order valence-corrected chi connectivity index (χ4v) is 2.38. The van der Waals surface area contributed by atoms with Crippen LogP contribution in [-0.2, 0) is 6.61 Å². The van der Waals surface area contributed by atoms with Gasteiger partial charge < -0.3 is 4.74 Å². The molecule has 3 rings (SSSR count). The van der Waals surface area contributed by atoms with E-state index in [9.17, 15) is 4.39 Å². The monoisotopic (exact) mass is 303 g/mol. The maximum absolute atomic E-state index is 13.6. The highest BCUT2D eigenvalue weighted by molar-refractivity contribution is 9.10. The van der Waals surface area contributed by atoms with Gasteiger partial charge in [-0.1, -0.05) is 6.07 Å². The molecule has 2 aromatic rings. The zero-order valence-corrected chi connectivity index (χ0v) is 10.8. The summed E-state index contributed by atoms with van der Waals surface area (Å²) in [5.74, 6) is 0.329. The van der Waals surface area contributed by atoms with Gasteiger partial charge in [0, 0.05) is 5.56 Å². The van der Waals surface area contributed by atoms with Crippen LogP contribution in [0.3, 0.4) is 0 Å². The molecule has 2 nitrogen and oxygen atoms in total. The molecule has 0 aliphatic carbocycles. The Morgan fingerprint density at radius 2 is 2.06 bits per heavy atom. The highest BCUT2D eigenvalue weighted by atomic mass is 79.9. The molecule has 2 aromatic carbocycles. The number of halogens is 2. The van der Waals surface area contributed by atoms with Crippen molar-refractivity contribution in [1.29, 1.82) is 5.26 Å². The zero-order valence-electron chi connectivity index (χ0n) is 9.21. The fourth-order valence-electron chi connectivity index (χ4n) is 2.06. The second kappa shape index (κ2) is 4.11. The van der Waals surface area contributed by atoms with Crippen LogP contribution >= 0.6 is 15.9 Å². The lowest BCUT2D eigenvalue weighted by Crippen LogP contribution is -2.06. The number of hydrogen-bond acceptors (Lipinski definition) is 2. The van der Waals surface area contributed by atoms with Gasteiger partial charge in [0.1, 0.15) is 18.2 Å². The molecular weight excluding hydrogens is 297 g/mol. The van der Waals surface area contributed by atoms with E-state index in [2.05, 4.69) is 22.0 Å². The number of ether oxygens (including phenoxy) is 1. The Balaban J connectivity index is 2.23. The third kappa shape index (κ3) is 1.68. The van der Waals surface area contributed by atoms with Gasteiger partial charge in [-0.25, -0.2) is 4.39 Å². The van der Waals surface area contributed by atoms with Gasteiger partial charge in [-0.15, -0.1) is 0 Å². The number of nitrogens with zero attached hydrogens (tertiary/aromatic N) is 1. The number of hydrogen-bond donors (Lipinski definition) is 0. The molecule has 0 N–H and O–H groups in total. The van der Waals surface area contributed by atoms with Crippen LogP contribution in [0.15, 0.2) is 34.8 Å². The highest BCUT2D eigenvalue weighted by Crippen LogP contribution is 2.40. The molecule has 0 spiro atoms. The second-order valence-corrected chi connectivity index (χ2v) is 4.89. The van der Waals surface area contributed by atoms with Gasteiger partial charge in [-0.2, -0.15) is 5.26 Å². The summed E-state index contributed by atoms with van der Waals surface area (Å²) >= 11 is 3.14. The van der Waals surface area contributed by atoms with Gasteiger partial charge in [0.15, 0.2) is 0 Å². The summed E-state index contributed by atoms with van der Waals surface area (Å²) in [5, 5.41) is 8.86. The van der Waals surface area contributed by atoms with Crippen LogP contribution in [0.5, 0.6) is 5.75 Å². The molecular formula is C14H7BrFNO.